The third-order valence-electron chi connectivity index (χ3n) is 3.24. The van der Waals surface area contributed by atoms with Gasteiger partial charge in [-0.2, -0.15) is 0 Å². The Morgan fingerprint density at radius 1 is 1.41 bits per heavy atom. The van der Waals surface area contributed by atoms with Crippen molar-refractivity contribution in [2.45, 2.75) is 19.3 Å². The van der Waals surface area contributed by atoms with Crippen molar-refractivity contribution < 1.29 is 9.84 Å². The van der Waals surface area contributed by atoms with Gasteiger partial charge >= 0.3 is 0 Å². The van der Waals surface area contributed by atoms with Crippen LogP contribution in [0.15, 0.2) is 24.5 Å². The zero-order valence-corrected chi connectivity index (χ0v) is 9.67. The summed E-state index contributed by atoms with van der Waals surface area (Å²) in [7, 11) is 0. The van der Waals surface area contributed by atoms with Crippen LogP contribution in [0.5, 0.6) is 5.75 Å². The van der Waals surface area contributed by atoms with Crippen molar-refractivity contribution in [2.24, 2.45) is 5.92 Å². The van der Waals surface area contributed by atoms with E-state index < -0.39 is 0 Å². The lowest BCUT2D eigenvalue weighted by molar-refractivity contribution is 0.0547. The fourth-order valence-electron chi connectivity index (χ4n) is 2.40. The molecular weight excluding hydrogens is 216 g/mol. The van der Waals surface area contributed by atoms with E-state index in [0.29, 0.717) is 5.92 Å². The van der Waals surface area contributed by atoms with Crippen LogP contribution in [0.4, 0.5) is 0 Å². The summed E-state index contributed by atoms with van der Waals surface area (Å²) in [5, 5.41) is 9.39. The molecule has 4 nitrogen and oxygen atoms in total. The van der Waals surface area contributed by atoms with Gasteiger partial charge in [-0.1, -0.05) is 0 Å². The summed E-state index contributed by atoms with van der Waals surface area (Å²) in [6.07, 6.45) is 7.01. The van der Waals surface area contributed by atoms with Gasteiger partial charge in [0.05, 0.1) is 11.9 Å². The van der Waals surface area contributed by atoms with Crippen molar-refractivity contribution >= 4 is 5.65 Å². The number of pyridine rings is 1. The molecule has 1 fully saturated rings. The molecule has 1 saturated heterocycles. The van der Waals surface area contributed by atoms with E-state index in [9.17, 15) is 5.11 Å². The first kappa shape index (κ1) is 10.6. The van der Waals surface area contributed by atoms with Gasteiger partial charge < -0.3 is 14.2 Å². The Bertz CT molecular complexity index is 515. The second kappa shape index (κ2) is 4.37. The number of hydrogen-bond donors (Lipinski definition) is 1. The second-order valence-corrected chi connectivity index (χ2v) is 4.67. The monoisotopic (exact) mass is 232 g/mol. The Morgan fingerprint density at radius 2 is 2.35 bits per heavy atom. The fourth-order valence-corrected chi connectivity index (χ4v) is 2.40. The van der Waals surface area contributed by atoms with Crippen molar-refractivity contribution in [1.82, 2.24) is 9.38 Å². The van der Waals surface area contributed by atoms with Gasteiger partial charge in [-0.15, -0.1) is 0 Å². The largest absolute Gasteiger partial charge is 0.506 e. The summed E-state index contributed by atoms with van der Waals surface area (Å²) < 4.78 is 7.34. The lowest BCUT2D eigenvalue weighted by Gasteiger charge is -2.20. The molecule has 1 aliphatic heterocycles. The summed E-state index contributed by atoms with van der Waals surface area (Å²) in [5.41, 5.74) is 1.96. The molecule has 90 valence electrons. The Hall–Kier alpha value is -1.55. The average molecular weight is 232 g/mol. The average Bonchev–Trinajstić information content (AvgIpc) is 2.71. The van der Waals surface area contributed by atoms with E-state index in [4.69, 9.17) is 4.74 Å². The van der Waals surface area contributed by atoms with Crippen LogP contribution >= 0.6 is 0 Å². The molecule has 3 rings (SSSR count). The molecule has 1 unspecified atom stereocenters. The normalized spacial score (nSPS) is 20.8. The summed E-state index contributed by atoms with van der Waals surface area (Å²) in [4.78, 5) is 4.54. The zero-order chi connectivity index (χ0) is 11.7. The van der Waals surface area contributed by atoms with Crippen LogP contribution in [0, 0.1) is 5.92 Å². The van der Waals surface area contributed by atoms with Gasteiger partial charge in [0, 0.05) is 19.4 Å². The lowest BCUT2D eigenvalue weighted by atomic mass is 9.97. The van der Waals surface area contributed by atoms with Gasteiger partial charge in [-0.25, -0.2) is 4.98 Å². The topological polar surface area (TPSA) is 46.8 Å². The molecule has 3 heterocycles. The van der Waals surface area contributed by atoms with Crippen molar-refractivity contribution in [3.63, 3.8) is 0 Å². The first-order valence-corrected chi connectivity index (χ1v) is 6.05. The predicted octanol–water partition coefficient (Wildman–Crippen LogP) is 2.01. The molecule has 1 atom stereocenters. The maximum Gasteiger partial charge on any atom is 0.137 e. The molecule has 17 heavy (non-hydrogen) atoms. The van der Waals surface area contributed by atoms with Gasteiger partial charge in [0.1, 0.15) is 11.4 Å². The second-order valence-electron chi connectivity index (χ2n) is 4.67. The molecule has 1 N–H and O–H groups in total. The first-order valence-electron chi connectivity index (χ1n) is 6.05. The highest BCUT2D eigenvalue weighted by Crippen LogP contribution is 2.19. The number of fused-ring (bicyclic) bond motifs is 1. The highest BCUT2D eigenvalue weighted by atomic mass is 16.5. The molecule has 0 bridgehead atoms. The Labute approximate surface area is 99.9 Å². The molecule has 1 aliphatic rings. The summed E-state index contributed by atoms with van der Waals surface area (Å²) in [6, 6.07) is 3.49. The van der Waals surface area contributed by atoms with E-state index in [0.717, 1.165) is 37.4 Å². The summed E-state index contributed by atoms with van der Waals surface area (Å²) in [5.74, 6) is 0.852. The molecule has 0 radical (unpaired) electrons. The number of ether oxygens (including phenoxy) is 1. The van der Waals surface area contributed by atoms with E-state index in [-0.39, 0.29) is 5.75 Å². The maximum atomic E-state index is 9.39. The standard InChI is InChI=1S/C13H16N2O2/c16-12-3-4-13-14-11(7-15(13)8-12)6-10-2-1-5-17-9-10/h3-4,7-8,10,16H,1-2,5-6,9H2. The zero-order valence-electron chi connectivity index (χ0n) is 9.67. The molecular formula is C13H16N2O2. The van der Waals surface area contributed by atoms with Crippen molar-refractivity contribution in [1.29, 1.82) is 0 Å². The molecule has 0 spiro atoms. The summed E-state index contributed by atoms with van der Waals surface area (Å²) >= 11 is 0. The van der Waals surface area contributed by atoms with Crippen molar-refractivity contribution in [2.75, 3.05) is 13.2 Å². The first-order chi connectivity index (χ1) is 8.31. The number of aromatic hydroxyl groups is 1. The number of rotatable bonds is 2. The van der Waals surface area contributed by atoms with Crippen LogP contribution in [0.2, 0.25) is 0 Å². The van der Waals surface area contributed by atoms with Crippen LogP contribution in [0.1, 0.15) is 18.5 Å². The molecule has 2 aromatic rings. The molecule has 0 aromatic carbocycles. The Balaban J connectivity index is 1.80. The molecule has 4 heteroatoms. The van der Waals surface area contributed by atoms with Crippen LogP contribution in [-0.2, 0) is 11.2 Å². The SMILES string of the molecule is Oc1ccc2nc(CC3CCCOC3)cn2c1. The smallest absolute Gasteiger partial charge is 0.137 e. The fraction of sp³-hybridized carbons (Fsp3) is 0.462. The molecule has 0 aliphatic carbocycles. The number of imidazole rings is 1. The third-order valence-corrected chi connectivity index (χ3v) is 3.24. The molecule has 0 amide bonds. The van der Waals surface area contributed by atoms with Gasteiger partial charge in [0.25, 0.3) is 0 Å². The molecule has 0 saturated carbocycles. The van der Waals surface area contributed by atoms with Gasteiger partial charge in [0.2, 0.25) is 0 Å². The minimum Gasteiger partial charge on any atom is -0.506 e. The van der Waals surface area contributed by atoms with Gasteiger partial charge in [0.15, 0.2) is 0 Å². The predicted molar refractivity (Wildman–Crippen MR) is 64.1 cm³/mol. The minimum atomic E-state index is 0.266. The van der Waals surface area contributed by atoms with E-state index in [1.165, 1.54) is 6.42 Å². The highest BCUT2D eigenvalue weighted by molar-refractivity contribution is 5.42. The van der Waals surface area contributed by atoms with E-state index in [1.807, 2.05) is 16.7 Å². The van der Waals surface area contributed by atoms with E-state index in [2.05, 4.69) is 4.98 Å². The maximum absolute atomic E-state index is 9.39. The quantitative estimate of drug-likeness (QED) is 0.861. The Morgan fingerprint density at radius 3 is 3.18 bits per heavy atom. The van der Waals surface area contributed by atoms with Crippen molar-refractivity contribution in [3.8, 4) is 5.75 Å². The van der Waals surface area contributed by atoms with E-state index in [1.54, 1.807) is 12.3 Å². The van der Waals surface area contributed by atoms with E-state index >= 15 is 0 Å². The minimum absolute atomic E-state index is 0.266. The highest BCUT2D eigenvalue weighted by Gasteiger charge is 2.15. The van der Waals surface area contributed by atoms with Gasteiger partial charge in [-0.3, -0.25) is 0 Å². The number of aromatic nitrogens is 2. The van der Waals surface area contributed by atoms with Crippen LogP contribution in [0.3, 0.4) is 0 Å². The third kappa shape index (κ3) is 2.26. The van der Waals surface area contributed by atoms with Crippen LogP contribution in [0.25, 0.3) is 5.65 Å². The van der Waals surface area contributed by atoms with Crippen LogP contribution < -0.4 is 0 Å². The Kier molecular flexibility index (Phi) is 2.73. The summed E-state index contributed by atoms with van der Waals surface area (Å²) in [6.45, 7) is 1.74. The van der Waals surface area contributed by atoms with Crippen molar-refractivity contribution in [3.05, 3.63) is 30.2 Å². The van der Waals surface area contributed by atoms with Crippen LogP contribution in [-0.4, -0.2) is 27.7 Å². The molecule has 2 aromatic heterocycles. The van der Waals surface area contributed by atoms with Gasteiger partial charge in [-0.05, 0) is 37.3 Å². The lowest BCUT2D eigenvalue weighted by Crippen LogP contribution is -2.19. The number of hydrogen-bond acceptors (Lipinski definition) is 3. The number of nitrogens with zero attached hydrogens (tertiary/aromatic N) is 2.